The molecule has 0 bridgehead atoms. The first kappa shape index (κ1) is 16.8. The Hall–Kier alpha value is -2.68. The maximum Gasteiger partial charge on any atom is 0.187 e. The minimum Gasteiger partial charge on any atom is -0.366 e. The normalized spacial score (nSPS) is 15.2. The van der Waals surface area contributed by atoms with Crippen molar-refractivity contribution in [2.45, 2.75) is 6.54 Å². The fourth-order valence-electron chi connectivity index (χ4n) is 3.43. The van der Waals surface area contributed by atoms with Crippen LogP contribution in [-0.4, -0.2) is 41.3 Å². The Morgan fingerprint density at radius 2 is 1.69 bits per heavy atom. The first-order valence-electron chi connectivity index (χ1n) is 8.62. The lowest BCUT2D eigenvalue weighted by Gasteiger charge is -2.36. The summed E-state index contributed by atoms with van der Waals surface area (Å²) in [6.45, 7) is 4.34. The van der Waals surface area contributed by atoms with Gasteiger partial charge in [-0.05, 0) is 17.7 Å². The van der Waals surface area contributed by atoms with E-state index in [1.54, 1.807) is 0 Å². The second-order valence-corrected chi connectivity index (χ2v) is 6.79. The maximum absolute atomic E-state index is 9.48. The molecule has 1 aliphatic rings. The number of halogens is 1. The van der Waals surface area contributed by atoms with Crippen molar-refractivity contribution in [1.29, 1.82) is 5.26 Å². The van der Waals surface area contributed by atoms with Gasteiger partial charge in [0, 0.05) is 43.1 Å². The van der Waals surface area contributed by atoms with Crippen molar-refractivity contribution in [3.8, 4) is 6.07 Å². The number of rotatable bonds is 3. The molecule has 0 unspecified atom stereocenters. The molecule has 0 N–H and O–H groups in total. The molecule has 0 atom stereocenters. The Morgan fingerprint density at radius 3 is 2.46 bits per heavy atom. The van der Waals surface area contributed by atoms with Crippen molar-refractivity contribution in [3.63, 3.8) is 0 Å². The number of hydrogen-bond donors (Lipinski definition) is 0. The molecule has 5 nitrogen and oxygen atoms in total. The molecule has 0 spiro atoms. The van der Waals surface area contributed by atoms with Crippen molar-refractivity contribution >= 4 is 28.2 Å². The number of nitrogens with zero attached hydrogens (tertiary/aromatic N) is 5. The number of anilines is 1. The van der Waals surface area contributed by atoms with Gasteiger partial charge in [0.2, 0.25) is 0 Å². The van der Waals surface area contributed by atoms with Crippen molar-refractivity contribution in [2.75, 3.05) is 31.1 Å². The van der Waals surface area contributed by atoms with Gasteiger partial charge in [-0.25, -0.2) is 0 Å². The zero-order valence-corrected chi connectivity index (χ0v) is 15.0. The lowest BCUT2D eigenvalue weighted by molar-refractivity contribution is 0.250. The maximum atomic E-state index is 9.48. The molecular formula is C20H18ClN5. The van der Waals surface area contributed by atoms with Gasteiger partial charge in [-0.15, -0.1) is 10.2 Å². The highest BCUT2D eigenvalue weighted by molar-refractivity contribution is 6.31. The molecule has 6 heteroatoms. The van der Waals surface area contributed by atoms with Crippen LogP contribution in [0.15, 0.2) is 48.5 Å². The van der Waals surface area contributed by atoms with Gasteiger partial charge >= 0.3 is 0 Å². The Balaban J connectivity index is 1.54. The number of aromatic nitrogens is 2. The number of nitriles is 1. The summed E-state index contributed by atoms with van der Waals surface area (Å²) >= 11 is 6.28. The standard InChI is InChI=1S/C20H18ClN5/c21-17-7-3-1-5-15(17)14-25-9-11-26(12-10-25)20-16-6-2-4-8-18(16)23-24-19(20)13-22/h1-8H,9-12,14H2. The average Bonchev–Trinajstić information content (AvgIpc) is 2.69. The van der Waals surface area contributed by atoms with Crippen molar-refractivity contribution in [2.24, 2.45) is 0 Å². The van der Waals surface area contributed by atoms with E-state index in [2.05, 4.69) is 32.1 Å². The third-order valence-electron chi connectivity index (χ3n) is 4.79. The molecule has 2 aromatic carbocycles. The summed E-state index contributed by atoms with van der Waals surface area (Å²) in [6.07, 6.45) is 0. The van der Waals surface area contributed by atoms with E-state index in [9.17, 15) is 5.26 Å². The van der Waals surface area contributed by atoms with Crippen LogP contribution in [0.1, 0.15) is 11.3 Å². The van der Waals surface area contributed by atoms with Gasteiger partial charge < -0.3 is 4.90 Å². The highest BCUT2D eigenvalue weighted by Gasteiger charge is 2.22. The molecule has 1 aliphatic heterocycles. The van der Waals surface area contributed by atoms with E-state index in [0.717, 1.165) is 59.9 Å². The lowest BCUT2D eigenvalue weighted by atomic mass is 10.1. The van der Waals surface area contributed by atoms with Crippen LogP contribution in [0, 0.1) is 11.3 Å². The molecule has 0 radical (unpaired) electrons. The van der Waals surface area contributed by atoms with Crippen LogP contribution in [-0.2, 0) is 6.54 Å². The van der Waals surface area contributed by atoms with Crippen LogP contribution in [0.25, 0.3) is 10.9 Å². The number of fused-ring (bicyclic) bond motifs is 1. The largest absolute Gasteiger partial charge is 0.366 e. The van der Waals surface area contributed by atoms with Crippen LogP contribution < -0.4 is 4.90 Å². The van der Waals surface area contributed by atoms with Gasteiger partial charge in [0.25, 0.3) is 0 Å². The fraction of sp³-hybridized carbons (Fsp3) is 0.250. The number of piperazine rings is 1. The average molecular weight is 364 g/mol. The molecule has 1 fully saturated rings. The molecule has 0 saturated carbocycles. The van der Waals surface area contributed by atoms with E-state index >= 15 is 0 Å². The van der Waals surface area contributed by atoms with E-state index in [1.165, 1.54) is 0 Å². The summed E-state index contributed by atoms with van der Waals surface area (Å²) in [6, 6.07) is 18.0. The van der Waals surface area contributed by atoms with Gasteiger partial charge in [0.05, 0.1) is 11.2 Å². The first-order chi connectivity index (χ1) is 12.8. The summed E-state index contributed by atoms with van der Waals surface area (Å²) in [4.78, 5) is 4.64. The summed E-state index contributed by atoms with van der Waals surface area (Å²) in [7, 11) is 0. The molecule has 26 heavy (non-hydrogen) atoms. The second kappa shape index (κ2) is 7.28. The number of benzene rings is 2. The molecule has 1 saturated heterocycles. The molecular weight excluding hydrogens is 346 g/mol. The van der Waals surface area contributed by atoms with Gasteiger partial charge in [0.1, 0.15) is 6.07 Å². The molecule has 0 amide bonds. The fourth-order valence-corrected chi connectivity index (χ4v) is 3.63. The zero-order valence-electron chi connectivity index (χ0n) is 14.3. The van der Waals surface area contributed by atoms with Crippen LogP contribution in [0.4, 0.5) is 5.69 Å². The van der Waals surface area contributed by atoms with E-state index in [-0.39, 0.29) is 0 Å². The molecule has 4 rings (SSSR count). The van der Waals surface area contributed by atoms with E-state index in [1.807, 2.05) is 42.5 Å². The van der Waals surface area contributed by atoms with Crippen molar-refractivity contribution in [1.82, 2.24) is 15.1 Å². The minimum atomic E-state index is 0.392. The highest BCUT2D eigenvalue weighted by atomic mass is 35.5. The topological polar surface area (TPSA) is 56.1 Å². The van der Waals surface area contributed by atoms with Gasteiger partial charge in [-0.1, -0.05) is 48.0 Å². The highest BCUT2D eigenvalue weighted by Crippen LogP contribution is 2.29. The summed E-state index contributed by atoms with van der Waals surface area (Å²) in [5.74, 6) is 0. The minimum absolute atomic E-state index is 0.392. The smallest absolute Gasteiger partial charge is 0.187 e. The number of hydrogen-bond acceptors (Lipinski definition) is 5. The molecule has 0 aliphatic carbocycles. The molecule has 1 aromatic heterocycles. The van der Waals surface area contributed by atoms with Crippen molar-refractivity contribution < 1.29 is 0 Å². The van der Waals surface area contributed by atoms with Crippen LogP contribution in [0.5, 0.6) is 0 Å². The quantitative estimate of drug-likeness (QED) is 0.713. The SMILES string of the molecule is N#Cc1nnc2ccccc2c1N1CCN(Cc2ccccc2Cl)CC1. The Bertz CT molecular complexity index is 973. The predicted octanol–water partition coefficient (Wildman–Crippen LogP) is 3.48. The van der Waals surface area contributed by atoms with E-state index in [0.29, 0.717) is 5.69 Å². The third kappa shape index (κ3) is 3.22. The van der Waals surface area contributed by atoms with Crippen molar-refractivity contribution in [3.05, 3.63) is 64.8 Å². The monoisotopic (exact) mass is 363 g/mol. The zero-order chi connectivity index (χ0) is 17.9. The molecule has 130 valence electrons. The predicted molar refractivity (Wildman–Crippen MR) is 103 cm³/mol. The van der Waals surface area contributed by atoms with Gasteiger partial charge in [-0.3, -0.25) is 4.90 Å². The summed E-state index contributed by atoms with van der Waals surface area (Å²) < 4.78 is 0. The third-order valence-corrected chi connectivity index (χ3v) is 5.16. The Labute approximate surface area is 157 Å². The van der Waals surface area contributed by atoms with Crippen LogP contribution >= 0.6 is 11.6 Å². The lowest BCUT2D eigenvalue weighted by Crippen LogP contribution is -2.46. The van der Waals surface area contributed by atoms with Gasteiger partial charge in [-0.2, -0.15) is 5.26 Å². The first-order valence-corrected chi connectivity index (χ1v) is 9.00. The molecule has 3 aromatic rings. The summed E-state index contributed by atoms with van der Waals surface area (Å²) in [5.41, 5.74) is 3.26. The Morgan fingerprint density at radius 1 is 0.962 bits per heavy atom. The van der Waals surface area contributed by atoms with E-state index < -0.39 is 0 Å². The van der Waals surface area contributed by atoms with Crippen LogP contribution in [0.3, 0.4) is 0 Å². The Kier molecular flexibility index (Phi) is 4.70. The van der Waals surface area contributed by atoms with Gasteiger partial charge in [0.15, 0.2) is 5.69 Å². The molecule has 2 heterocycles. The second-order valence-electron chi connectivity index (χ2n) is 6.38. The summed E-state index contributed by atoms with van der Waals surface area (Å²) in [5, 5.41) is 19.6. The van der Waals surface area contributed by atoms with Crippen LogP contribution in [0.2, 0.25) is 5.02 Å². The van der Waals surface area contributed by atoms with E-state index in [4.69, 9.17) is 11.6 Å².